The molecule has 0 aromatic carbocycles. The Balaban J connectivity index is 1.05. The summed E-state index contributed by atoms with van der Waals surface area (Å²) in [6, 6.07) is 1.87. The Labute approximate surface area is 178 Å². The van der Waals surface area contributed by atoms with Crippen LogP contribution in [0.1, 0.15) is 50.8 Å². The Morgan fingerprint density at radius 1 is 1.13 bits per heavy atom. The molecular formula is C21H28F3N5O2. The van der Waals surface area contributed by atoms with E-state index in [1.807, 2.05) is 6.92 Å². The quantitative estimate of drug-likeness (QED) is 0.778. The molecule has 1 amide bonds. The topological polar surface area (TPSA) is 74.5 Å². The monoisotopic (exact) mass is 439 g/mol. The van der Waals surface area contributed by atoms with E-state index >= 15 is 0 Å². The lowest BCUT2D eigenvalue weighted by atomic mass is 9.76. The highest BCUT2D eigenvalue weighted by molar-refractivity contribution is 5.83. The molecule has 1 N–H and O–H groups in total. The third-order valence-electron chi connectivity index (χ3n) is 8.60. The average Bonchev–Trinajstić information content (AvgIpc) is 2.98. The molecule has 3 saturated heterocycles. The Kier molecular flexibility index (Phi) is 4.21. The number of hydrogen-bond acceptors (Lipinski definition) is 6. The van der Waals surface area contributed by atoms with Crippen molar-refractivity contribution >= 4 is 11.9 Å². The third-order valence-corrected chi connectivity index (χ3v) is 8.60. The second-order valence-corrected chi connectivity index (χ2v) is 10.3. The molecule has 5 aliphatic rings. The van der Waals surface area contributed by atoms with Gasteiger partial charge in [-0.15, -0.1) is 0 Å². The van der Waals surface area contributed by atoms with Crippen LogP contribution in [0.3, 0.4) is 0 Å². The van der Waals surface area contributed by atoms with E-state index in [4.69, 9.17) is 4.52 Å². The van der Waals surface area contributed by atoms with Gasteiger partial charge in [-0.3, -0.25) is 9.69 Å². The highest BCUT2D eigenvalue weighted by Gasteiger charge is 2.64. The van der Waals surface area contributed by atoms with Crippen molar-refractivity contribution in [3.63, 3.8) is 0 Å². The van der Waals surface area contributed by atoms with Crippen LogP contribution in [-0.2, 0) is 4.79 Å². The molecule has 5 fully saturated rings. The maximum atomic E-state index is 13.4. The number of nitrogens with one attached hydrogen (secondary N) is 1. The number of hydrogen-bond donors (Lipinski definition) is 1. The summed E-state index contributed by atoms with van der Waals surface area (Å²) in [6.45, 7) is 3.48. The van der Waals surface area contributed by atoms with Gasteiger partial charge in [-0.2, -0.15) is 18.2 Å². The molecule has 2 unspecified atom stereocenters. The summed E-state index contributed by atoms with van der Waals surface area (Å²) in [5, 5.41) is 6.32. The summed E-state index contributed by atoms with van der Waals surface area (Å²) in [6.07, 6.45) is 0.490. The van der Waals surface area contributed by atoms with Gasteiger partial charge in [-0.05, 0) is 63.7 Å². The third kappa shape index (κ3) is 3.00. The van der Waals surface area contributed by atoms with Gasteiger partial charge in [0.1, 0.15) is 5.54 Å². The minimum absolute atomic E-state index is 0.0112. The van der Waals surface area contributed by atoms with Gasteiger partial charge in [0.2, 0.25) is 5.91 Å². The van der Waals surface area contributed by atoms with Crippen molar-refractivity contribution in [3.05, 3.63) is 5.82 Å². The Morgan fingerprint density at radius 3 is 2.26 bits per heavy atom. The van der Waals surface area contributed by atoms with E-state index in [1.54, 1.807) is 0 Å². The summed E-state index contributed by atoms with van der Waals surface area (Å²) in [5.74, 6) is 0.441. The van der Waals surface area contributed by atoms with Crippen LogP contribution in [-0.4, -0.2) is 63.9 Å². The highest BCUT2D eigenvalue weighted by atomic mass is 19.4. The predicted molar refractivity (Wildman–Crippen MR) is 104 cm³/mol. The zero-order valence-electron chi connectivity index (χ0n) is 17.6. The van der Waals surface area contributed by atoms with E-state index in [0.29, 0.717) is 36.4 Å². The lowest BCUT2D eigenvalue weighted by Gasteiger charge is -2.44. The van der Waals surface area contributed by atoms with Crippen LogP contribution >= 0.6 is 0 Å². The van der Waals surface area contributed by atoms with Gasteiger partial charge in [0.15, 0.2) is 5.82 Å². The first-order chi connectivity index (χ1) is 14.8. The molecule has 6 rings (SSSR count). The summed E-state index contributed by atoms with van der Waals surface area (Å²) in [7, 11) is 0. The van der Waals surface area contributed by atoms with Crippen molar-refractivity contribution < 1.29 is 22.5 Å². The summed E-state index contributed by atoms with van der Waals surface area (Å²) >= 11 is 0. The fourth-order valence-electron chi connectivity index (χ4n) is 6.72. The molecule has 7 nitrogen and oxygen atoms in total. The van der Waals surface area contributed by atoms with Crippen molar-refractivity contribution in [2.24, 2.45) is 17.8 Å². The number of likely N-dealkylation sites (tertiary alicyclic amines) is 1. The number of fused-ring (bicyclic) bond motifs is 3. The zero-order valence-corrected chi connectivity index (χ0v) is 17.6. The van der Waals surface area contributed by atoms with Gasteiger partial charge in [-0.25, -0.2) is 0 Å². The number of aromatic nitrogens is 2. The smallest absolute Gasteiger partial charge is 0.342 e. The van der Waals surface area contributed by atoms with Gasteiger partial charge in [0, 0.05) is 37.1 Å². The maximum absolute atomic E-state index is 13.4. The fourth-order valence-corrected chi connectivity index (χ4v) is 6.72. The molecule has 5 atom stereocenters. The number of halogens is 3. The molecule has 2 saturated carbocycles. The van der Waals surface area contributed by atoms with Crippen LogP contribution < -0.4 is 10.2 Å². The van der Waals surface area contributed by atoms with Gasteiger partial charge in [-0.1, -0.05) is 5.16 Å². The number of amides is 1. The van der Waals surface area contributed by atoms with Crippen molar-refractivity contribution in [2.75, 3.05) is 18.0 Å². The predicted octanol–water partition coefficient (Wildman–Crippen LogP) is 2.66. The number of carbonyl (C=O) groups excluding carboxylic acids is 1. The highest BCUT2D eigenvalue weighted by Crippen LogP contribution is 2.55. The van der Waals surface area contributed by atoms with Gasteiger partial charge in [0.05, 0.1) is 0 Å². The van der Waals surface area contributed by atoms with Gasteiger partial charge < -0.3 is 14.7 Å². The summed E-state index contributed by atoms with van der Waals surface area (Å²) in [5.41, 5.74) is -1.97. The van der Waals surface area contributed by atoms with Crippen LogP contribution in [0.15, 0.2) is 4.52 Å². The van der Waals surface area contributed by atoms with E-state index in [9.17, 15) is 18.0 Å². The first-order valence-electron chi connectivity index (χ1n) is 11.5. The van der Waals surface area contributed by atoms with Gasteiger partial charge >= 0.3 is 12.2 Å². The van der Waals surface area contributed by atoms with E-state index in [0.717, 1.165) is 38.8 Å². The zero-order chi connectivity index (χ0) is 21.5. The van der Waals surface area contributed by atoms with Crippen LogP contribution in [0.4, 0.5) is 19.2 Å². The maximum Gasteiger partial charge on any atom is 0.411 e. The normalized spacial score (nSPS) is 38.6. The molecule has 31 heavy (non-hydrogen) atoms. The Hall–Kier alpha value is -1.84. The van der Waals surface area contributed by atoms with Crippen LogP contribution in [0, 0.1) is 24.7 Å². The second-order valence-electron chi connectivity index (χ2n) is 10.3. The van der Waals surface area contributed by atoms with Gasteiger partial charge in [0.25, 0.3) is 0 Å². The number of anilines is 1. The van der Waals surface area contributed by atoms with Crippen molar-refractivity contribution in [1.29, 1.82) is 0 Å². The first-order valence-corrected chi connectivity index (χ1v) is 11.5. The molecule has 4 heterocycles. The minimum Gasteiger partial charge on any atom is -0.342 e. The average molecular weight is 439 g/mol. The van der Waals surface area contributed by atoms with E-state index in [-0.39, 0.29) is 36.5 Å². The van der Waals surface area contributed by atoms with E-state index in [2.05, 4.69) is 25.3 Å². The molecule has 170 valence electrons. The molecular weight excluding hydrogens is 411 g/mol. The lowest BCUT2D eigenvalue weighted by molar-refractivity contribution is -0.219. The molecule has 3 aliphatic heterocycles. The van der Waals surface area contributed by atoms with Crippen molar-refractivity contribution in [1.82, 2.24) is 20.4 Å². The van der Waals surface area contributed by atoms with Crippen molar-refractivity contribution in [2.45, 2.75) is 81.7 Å². The Morgan fingerprint density at radius 2 is 1.77 bits per heavy atom. The lowest BCUT2D eigenvalue weighted by Crippen LogP contribution is -2.63. The van der Waals surface area contributed by atoms with E-state index in [1.165, 1.54) is 0 Å². The number of nitrogens with zero attached hydrogens (tertiary/aromatic N) is 4. The van der Waals surface area contributed by atoms with Crippen molar-refractivity contribution in [3.8, 4) is 0 Å². The van der Waals surface area contributed by atoms with Crippen LogP contribution in [0.5, 0.6) is 0 Å². The molecule has 2 bridgehead atoms. The number of carbonyl (C=O) groups is 1. The molecule has 10 heteroatoms. The standard InChI is InChI=1S/C21H28F3N5O2/c1-11-25-19(31-27-11)29-12-3-4-13(29)8-14(7-12)28-9-15-16(10-28)17(15)18(30)26-20(5-2-6-20)21(22,23)24/h12-17H,2-10H2,1H3,(H,26,30)/t12?,13?,14?,15-,16+,17-. The SMILES string of the molecule is Cc1noc(N2C3CCC2CC(N2C[C@@H]4[C@H](C2)[C@@H]4C(=O)NC2(C(F)(F)F)CCC2)C3)n1. The molecule has 2 aliphatic carbocycles. The molecule has 0 radical (unpaired) electrons. The van der Waals surface area contributed by atoms with E-state index < -0.39 is 11.7 Å². The second kappa shape index (κ2) is 6.59. The Bertz CT molecular complexity index is 859. The van der Waals surface area contributed by atoms with Crippen LogP contribution in [0.25, 0.3) is 0 Å². The number of aryl methyl sites for hydroxylation is 1. The number of alkyl halides is 3. The molecule has 1 aromatic rings. The minimum atomic E-state index is -4.36. The first kappa shape index (κ1) is 19.8. The molecule has 0 spiro atoms. The number of rotatable bonds is 4. The largest absolute Gasteiger partial charge is 0.411 e. The summed E-state index contributed by atoms with van der Waals surface area (Å²) < 4.78 is 45.6. The van der Waals surface area contributed by atoms with Crippen LogP contribution in [0.2, 0.25) is 0 Å². The fraction of sp³-hybridized carbons (Fsp3) is 0.857. The molecule has 1 aromatic heterocycles. The summed E-state index contributed by atoms with van der Waals surface area (Å²) in [4.78, 5) is 21.8. The number of piperidine rings is 2.